The Hall–Kier alpha value is -1.89. The molecule has 1 aromatic heterocycles. The zero-order valence-corrected chi connectivity index (χ0v) is 12.8. The van der Waals surface area contributed by atoms with Crippen LogP contribution in [0.25, 0.3) is 0 Å². The number of hydrogen-bond acceptors (Lipinski definition) is 4. The van der Waals surface area contributed by atoms with Crippen LogP contribution in [-0.4, -0.2) is 16.1 Å². The second kappa shape index (κ2) is 6.08. The summed E-state index contributed by atoms with van der Waals surface area (Å²) in [7, 11) is 0. The number of aromatic nitrogens is 2. The van der Waals surface area contributed by atoms with Crippen molar-refractivity contribution < 1.29 is 13.6 Å². The van der Waals surface area contributed by atoms with E-state index in [2.05, 4.69) is 15.5 Å². The molecule has 0 fully saturated rings. The number of nitrogens with one attached hydrogen (secondary N) is 1. The smallest absolute Gasteiger partial charge is 0.227 e. The van der Waals surface area contributed by atoms with Crippen molar-refractivity contribution in [3.63, 3.8) is 0 Å². The highest BCUT2D eigenvalue weighted by atomic mass is 32.1. The molecule has 1 N–H and O–H groups in total. The minimum absolute atomic E-state index is 0.134. The van der Waals surface area contributed by atoms with Gasteiger partial charge in [-0.15, -0.1) is 21.5 Å². The molecule has 0 aliphatic heterocycles. The van der Waals surface area contributed by atoms with E-state index in [4.69, 9.17) is 0 Å². The third-order valence-corrected chi connectivity index (χ3v) is 4.54. The number of carbonyl (C=O) groups is 1. The van der Waals surface area contributed by atoms with E-state index in [1.54, 1.807) is 0 Å². The average molecular weight is 323 g/mol. The van der Waals surface area contributed by atoms with Crippen molar-refractivity contribution in [3.8, 4) is 0 Å². The zero-order valence-electron chi connectivity index (χ0n) is 12.0. The molecular weight excluding hydrogens is 308 g/mol. The molecule has 0 bridgehead atoms. The summed E-state index contributed by atoms with van der Waals surface area (Å²) in [5.74, 6) is -1.36. The van der Waals surface area contributed by atoms with E-state index in [9.17, 15) is 13.6 Å². The zero-order chi connectivity index (χ0) is 15.7. The second-order valence-corrected chi connectivity index (χ2v) is 6.63. The lowest BCUT2D eigenvalue weighted by Crippen LogP contribution is -2.32. The first kappa shape index (κ1) is 15.0. The van der Waals surface area contributed by atoms with Gasteiger partial charge in [-0.2, -0.15) is 0 Å². The number of fused-ring (bicyclic) bond motifs is 1. The van der Waals surface area contributed by atoms with Crippen LogP contribution in [0.1, 0.15) is 40.0 Å². The summed E-state index contributed by atoms with van der Waals surface area (Å²) < 4.78 is 27.3. The maximum absolute atomic E-state index is 13.8. The van der Waals surface area contributed by atoms with Crippen LogP contribution in [0.15, 0.2) is 12.1 Å². The van der Waals surface area contributed by atoms with Crippen LogP contribution in [0.5, 0.6) is 0 Å². The summed E-state index contributed by atoms with van der Waals surface area (Å²) in [5, 5.41) is 12.1. The minimum atomic E-state index is -0.614. The van der Waals surface area contributed by atoms with E-state index >= 15 is 0 Å². The fraction of sp³-hybridized carbons (Fsp3) is 0.400. The van der Waals surface area contributed by atoms with Gasteiger partial charge in [-0.3, -0.25) is 4.79 Å². The summed E-state index contributed by atoms with van der Waals surface area (Å²) in [6.07, 6.45) is 2.15. The van der Waals surface area contributed by atoms with Crippen LogP contribution >= 0.6 is 11.3 Å². The Morgan fingerprint density at radius 1 is 1.41 bits per heavy atom. The SMILES string of the molecule is Cc1nnc(CC(=O)N[C@@H]2CCCc3c(F)cc(F)cc32)s1. The molecule has 1 atom stereocenters. The van der Waals surface area contributed by atoms with Crippen LogP contribution < -0.4 is 5.32 Å². The van der Waals surface area contributed by atoms with Crippen LogP contribution in [0.3, 0.4) is 0 Å². The summed E-state index contributed by atoms with van der Waals surface area (Å²) in [6.45, 7) is 1.82. The first-order valence-corrected chi connectivity index (χ1v) is 7.91. The minimum Gasteiger partial charge on any atom is -0.349 e. The molecular formula is C15H15F2N3OS. The van der Waals surface area contributed by atoms with Gasteiger partial charge in [-0.1, -0.05) is 0 Å². The van der Waals surface area contributed by atoms with E-state index in [0.29, 0.717) is 29.0 Å². The maximum Gasteiger partial charge on any atom is 0.227 e. The van der Waals surface area contributed by atoms with E-state index in [-0.39, 0.29) is 18.4 Å². The highest BCUT2D eigenvalue weighted by Gasteiger charge is 2.25. The third-order valence-electron chi connectivity index (χ3n) is 3.70. The van der Waals surface area contributed by atoms with E-state index in [1.807, 2.05) is 6.92 Å². The fourth-order valence-corrected chi connectivity index (χ4v) is 3.49. The number of halogens is 2. The van der Waals surface area contributed by atoms with E-state index in [1.165, 1.54) is 17.4 Å². The average Bonchev–Trinajstić information content (AvgIpc) is 2.85. The lowest BCUT2D eigenvalue weighted by atomic mass is 9.87. The Labute approximate surface area is 130 Å². The summed E-state index contributed by atoms with van der Waals surface area (Å²) >= 11 is 1.37. The standard InChI is InChI=1S/C15H15F2N3OS/c1-8-19-20-15(22-8)7-14(21)18-13-4-2-3-10-11(13)5-9(16)6-12(10)17/h5-6,13H,2-4,7H2,1H3,(H,18,21)/t13-/m1/s1. The number of carbonyl (C=O) groups excluding carboxylic acids is 1. The Morgan fingerprint density at radius 3 is 2.95 bits per heavy atom. The summed E-state index contributed by atoms with van der Waals surface area (Å²) in [6, 6.07) is 1.86. The number of hydrogen-bond donors (Lipinski definition) is 1. The van der Waals surface area contributed by atoms with Crippen molar-refractivity contribution in [1.29, 1.82) is 0 Å². The van der Waals surface area contributed by atoms with Gasteiger partial charge in [-0.25, -0.2) is 8.78 Å². The molecule has 0 saturated carbocycles. The Bertz CT molecular complexity index is 717. The molecule has 116 valence electrons. The Balaban J connectivity index is 1.75. The molecule has 1 aliphatic carbocycles. The first-order chi connectivity index (χ1) is 10.5. The number of amides is 1. The molecule has 2 aromatic rings. The molecule has 0 saturated heterocycles. The third kappa shape index (κ3) is 3.14. The topological polar surface area (TPSA) is 54.9 Å². The van der Waals surface area contributed by atoms with Gasteiger partial charge in [0.1, 0.15) is 21.6 Å². The van der Waals surface area contributed by atoms with E-state index in [0.717, 1.165) is 17.5 Å². The second-order valence-electron chi connectivity index (χ2n) is 5.36. The maximum atomic E-state index is 13.8. The molecule has 0 radical (unpaired) electrons. The van der Waals surface area contributed by atoms with Gasteiger partial charge in [0.05, 0.1) is 12.5 Å². The molecule has 22 heavy (non-hydrogen) atoms. The van der Waals surface area contributed by atoms with Crippen LogP contribution in [-0.2, 0) is 17.6 Å². The lowest BCUT2D eigenvalue weighted by molar-refractivity contribution is -0.121. The quantitative estimate of drug-likeness (QED) is 0.945. The predicted molar refractivity (Wildman–Crippen MR) is 78.5 cm³/mol. The summed E-state index contributed by atoms with van der Waals surface area (Å²) in [4.78, 5) is 12.1. The van der Waals surface area contributed by atoms with Gasteiger partial charge < -0.3 is 5.32 Å². The fourth-order valence-electron chi connectivity index (χ4n) is 2.78. The van der Waals surface area contributed by atoms with Crippen LogP contribution in [0.2, 0.25) is 0 Å². The van der Waals surface area contributed by atoms with Crippen LogP contribution in [0, 0.1) is 18.6 Å². The number of nitrogens with zero attached hydrogens (tertiary/aromatic N) is 2. The van der Waals surface area contributed by atoms with Gasteiger partial charge in [0.25, 0.3) is 0 Å². The lowest BCUT2D eigenvalue weighted by Gasteiger charge is -2.26. The van der Waals surface area contributed by atoms with Gasteiger partial charge in [-0.05, 0) is 43.4 Å². The normalized spacial score (nSPS) is 17.1. The van der Waals surface area contributed by atoms with Crippen molar-refractivity contribution in [2.75, 3.05) is 0 Å². The molecule has 0 spiro atoms. The van der Waals surface area contributed by atoms with Crippen LogP contribution in [0.4, 0.5) is 8.78 Å². The molecule has 0 unspecified atom stereocenters. The molecule has 3 rings (SSSR count). The monoisotopic (exact) mass is 323 g/mol. The van der Waals surface area contributed by atoms with Crippen molar-refractivity contribution in [1.82, 2.24) is 15.5 Å². The molecule has 1 aromatic carbocycles. The van der Waals surface area contributed by atoms with Gasteiger partial charge in [0, 0.05) is 6.07 Å². The summed E-state index contributed by atoms with van der Waals surface area (Å²) in [5.41, 5.74) is 1.05. The van der Waals surface area contributed by atoms with Gasteiger partial charge in [0.15, 0.2) is 0 Å². The largest absolute Gasteiger partial charge is 0.349 e. The molecule has 4 nitrogen and oxygen atoms in total. The highest BCUT2D eigenvalue weighted by molar-refractivity contribution is 7.11. The molecule has 1 amide bonds. The van der Waals surface area contributed by atoms with Crippen molar-refractivity contribution in [2.45, 2.75) is 38.6 Å². The van der Waals surface area contributed by atoms with Crippen molar-refractivity contribution >= 4 is 17.2 Å². The van der Waals surface area contributed by atoms with Crippen molar-refractivity contribution in [2.24, 2.45) is 0 Å². The van der Waals surface area contributed by atoms with Gasteiger partial charge in [0.2, 0.25) is 5.91 Å². The number of benzene rings is 1. The molecule has 1 heterocycles. The number of aryl methyl sites for hydroxylation is 1. The highest BCUT2D eigenvalue weighted by Crippen LogP contribution is 2.32. The van der Waals surface area contributed by atoms with Gasteiger partial charge >= 0.3 is 0 Å². The molecule has 7 heteroatoms. The predicted octanol–water partition coefficient (Wildman–Crippen LogP) is 2.86. The molecule has 1 aliphatic rings. The van der Waals surface area contributed by atoms with Crippen molar-refractivity contribution in [3.05, 3.63) is 44.9 Å². The first-order valence-electron chi connectivity index (χ1n) is 7.09. The number of rotatable bonds is 3. The Kier molecular flexibility index (Phi) is 4.15. The van der Waals surface area contributed by atoms with E-state index < -0.39 is 11.6 Å². The Morgan fingerprint density at radius 2 is 2.23 bits per heavy atom.